The molecule has 5 atom stereocenters. The fourth-order valence-electron chi connectivity index (χ4n) is 11.0. The lowest BCUT2D eigenvalue weighted by Gasteiger charge is -2.80. The van der Waals surface area contributed by atoms with Gasteiger partial charge in [0.25, 0.3) is 0 Å². The van der Waals surface area contributed by atoms with E-state index < -0.39 is 22.5 Å². The van der Waals surface area contributed by atoms with Crippen LogP contribution in [0, 0.1) is 25.2 Å². The molecule has 5 aliphatic rings. The van der Waals surface area contributed by atoms with E-state index in [2.05, 4.69) is 69.2 Å². The van der Waals surface area contributed by atoms with E-state index in [0.717, 1.165) is 27.9 Å². The zero-order valence-electron chi connectivity index (χ0n) is 25.0. The van der Waals surface area contributed by atoms with Gasteiger partial charge in [-0.3, -0.25) is 4.79 Å². The van der Waals surface area contributed by atoms with Crippen LogP contribution in [0.15, 0.2) is 0 Å². The van der Waals surface area contributed by atoms with Gasteiger partial charge in [-0.2, -0.15) is 0 Å². The maximum Gasteiger partial charge on any atom is 0.174 e. The molecule has 1 spiro atoms. The summed E-state index contributed by atoms with van der Waals surface area (Å²) in [4.78, 5) is 13.9. The van der Waals surface area contributed by atoms with E-state index in [1.165, 1.54) is 24.0 Å². The van der Waals surface area contributed by atoms with E-state index in [1.54, 1.807) is 7.11 Å². The van der Waals surface area contributed by atoms with Gasteiger partial charge in [0.1, 0.15) is 17.2 Å². The average Bonchev–Trinajstić information content (AvgIpc) is 3.53. The molecule has 6 rings (SSSR count). The van der Waals surface area contributed by atoms with Crippen LogP contribution in [0.25, 0.3) is 0 Å². The Hall–Kier alpha value is -1.59. The molecule has 37 heavy (non-hydrogen) atoms. The van der Waals surface area contributed by atoms with Gasteiger partial charge in [-0.1, -0.05) is 13.8 Å². The molecule has 2 heterocycles. The first-order chi connectivity index (χ1) is 17.0. The van der Waals surface area contributed by atoms with Crippen molar-refractivity contribution < 1.29 is 23.9 Å². The Labute approximate surface area is 223 Å². The number of aliphatic hydroxyl groups is 1. The Bertz CT molecular complexity index is 1220. The van der Waals surface area contributed by atoms with Gasteiger partial charge < -0.3 is 19.1 Å². The summed E-state index contributed by atoms with van der Waals surface area (Å²) in [6, 6.07) is 0.257. The Balaban J connectivity index is 1.87. The number of carbonyl (C=O) groups is 1. The van der Waals surface area contributed by atoms with Gasteiger partial charge in [-0.15, -0.1) is 0 Å². The molecule has 204 valence electrons. The van der Waals surface area contributed by atoms with Crippen molar-refractivity contribution in [2.45, 2.75) is 135 Å². The van der Waals surface area contributed by atoms with Crippen LogP contribution >= 0.6 is 0 Å². The van der Waals surface area contributed by atoms with Crippen LogP contribution in [0.5, 0.6) is 11.5 Å². The molecular formula is C32H48NO4+. The second kappa shape index (κ2) is 6.94. The zero-order chi connectivity index (χ0) is 27.3. The van der Waals surface area contributed by atoms with E-state index >= 15 is 0 Å². The van der Waals surface area contributed by atoms with Crippen molar-refractivity contribution in [1.29, 1.82) is 0 Å². The maximum absolute atomic E-state index is 13.9. The number of hydrogen-bond acceptors (Lipinski definition) is 4. The van der Waals surface area contributed by atoms with Gasteiger partial charge in [0.2, 0.25) is 0 Å². The largest absolute Gasteiger partial charge is 0.493 e. The number of rotatable bonds is 4. The third kappa shape index (κ3) is 2.34. The summed E-state index contributed by atoms with van der Waals surface area (Å²) in [7, 11) is 1.70. The molecule has 5 nitrogen and oxygen atoms in total. The van der Waals surface area contributed by atoms with Crippen LogP contribution in [-0.2, 0) is 15.6 Å². The van der Waals surface area contributed by atoms with E-state index in [9.17, 15) is 9.90 Å². The van der Waals surface area contributed by atoms with Gasteiger partial charge in [0.05, 0.1) is 25.1 Å². The quantitative estimate of drug-likeness (QED) is 0.542. The minimum absolute atomic E-state index is 0.0623. The van der Waals surface area contributed by atoms with Crippen molar-refractivity contribution in [3.05, 3.63) is 22.3 Å². The zero-order valence-corrected chi connectivity index (χ0v) is 25.0. The minimum atomic E-state index is -1.09. The summed E-state index contributed by atoms with van der Waals surface area (Å²) in [6.07, 6.45) is 2.71. The average molecular weight is 511 g/mol. The van der Waals surface area contributed by atoms with Crippen molar-refractivity contribution >= 4 is 5.78 Å². The monoisotopic (exact) mass is 510 g/mol. The topological polar surface area (TPSA) is 55.8 Å². The molecule has 1 N–H and O–H groups in total. The highest BCUT2D eigenvalue weighted by Crippen LogP contribution is 2.78. The number of benzene rings is 1. The standard InChI is InChI=1S/C32H48NO4/c1-17(2)33(16-20-12-13-20)27-28(5,6)22-18(3)19(4)24(36-11)25-23(22)32(29(7,8)30(33,9)10)26(37-25)21(34)14-15-31(27,32)35/h17,20,26-27,35H,12-16H2,1-11H3/q+1/t26-,27+,31-,32-,33?/m0/s1. The lowest BCUT2D eigenvalue weighted by atomic mass is 9.33. The Morgan fingerprint density at radius 1 is 1.05 bits per heavy atom. The number of quaternary nitrogens is 1. The Kier molecular flexibility index (Phi) is 4.81. The number of hydrogen-bond donors (Lipinski definition) is 1. The molecule has 1 unspecified atom stereocenters. The fraction of sp³-hybridized carbons (Fsp3) is 0.781. The molecule has 2 saturated carbocycles. The number of Topliss-reactive ketones (excluding diaryl/α,β-unsaturated/α-hetero) is 1. The van der Waals surface area contributed by atoms with E-state index in [-0.39, 0.29) is 22.8 Å². The molecule has 1 aromatic rings. The van der Waals surface area contributed by atoms with Gasteiger partial charge in [0, 0.05) is 28.7 Å². The van der Waals surface area contributed by atoms with Crippen LogP contribution in [0.2, 0.25) is 0 Å². The highest BCUT2D eigenvalue weighted by Gasteiger charge is 2.89. The number of piperidine rings is 1. The van der Waals surface area contributed by atoms with Crippen LogP contribution in [0.1, 0.15) is 103 Å². The van der Waals surface area contributed by atoms with Gasteiger partial charge in [-0.25, -0.2) is 0 Å². The minimum Gasteiger partial charge on any atom is -0.493 e. The number of likely N-dealkylation sites (tertiary alicyclic amines) is 1. The normalized spacial score (nSPS) is 39.9. The molecule has 2 aliphatic heterocycles. The molecule has 3 fully saturated rings. The molecule has 3 aliphatic carbocycles. The second-order valence-corrected chi connectivity index (χ2v) is 15.0. The highest BCUT2D eigenvalue weighted by molar-refractivity contribution is 5.91. The summed E-state index contributed by atoms with van der Waals surface area (Å²) in [5.74, 6) is 2.26. The second-order valence-electron chi connectivity index (χ2n) is 15.0. The van der Waals surface area contributed by atoms with Crippen LogP contribution in [0.4, 0.5) is 0 Å². The molecular weight excluding hydrogens is 462 g/mol. The highest BCUT2D eigenvalue weighted by atomic mass is 16.5. The van der Waals surface area contributed by atoms with Gasteiger partial charge >= 0.3 is 0 Å². The van der Waals surface area contributed by atoms with Gasteiger partial charge in [-0.05, 0) is 91.3 Å². The molecule has 1 saturated heterocycles. The van der Waals surface area contributed by atoms with Crippen molar-refractivity contribution in [2.75, 3.05) is 13.7 Å². The molecule has 0 aromatic heterocycles. The number of ketones is 1. The summed E-state index contributed by atoms with van der Waals surface area (Å²) in [5.41, 5.74) is 1.71. The lowest BCUT2D eigenvalue weighted by Crippen LogP contribution is -2.95. The first kappa shape index (κ1) is 25.7. The SMILES string of the molecule is COc1c(C)c(C)c2c3c1O[C@H]1C(=O)CC[C@]4(O)[C@@H](C2(C)C)[N+](CC2CC2)(C(C)C)C(C)(C)C(C)(C)[C@]314. The molecule has 5 heteroatoms. The van der Waals surface area contributed by atoms with Crippen LogP contribution in [0.3, 0.4) is 0 Å². The molecule has 1 aromatic carbocycles. The number of ether oxygens (including phenoxy) is 2. The van der Waals surface area contributed by atoms with E-state index in [1.807, 2.05) is 0 Å². The van der Waals surface area contributed by atoms with E-state index in [4.69, 9.17) is 9.47 Å². The molecule has 0 radical (unpaired) electrons. The lowest BCUT2D eigenvalue weighted by molar-refractivity contribution is -1.04. The van der Waals surface area contributed by atoms with Crippen LogP contribution in [-0.4, -0.2) is 58.4 Å². The van der Waals surface area contributed by atoms with Crippen molar-refractivity contribution in [3.63, 3.8) is 0 Å². The summed E-state index contributed by atoms with van der Waals surface area (Å²) in [5, 5.41) is 13.6. The fourth-order valence-corrected chi connectivity index (χ4v) is 11.0. The van der Waals surface area contributed by atoms with Crippen molar-refractivity contribution in [3.8, 4) is 11.5 Å². The smallest absolute Gasteiger partial charge is 0.174 e. The van der Waals surface area contributed by atoms with Crippen molar-refractivity contribution in [2.24, 2.45) is 11.3 Å². The Morgan fingerprint density at radius 3 is 2.22 bits per heavy atom. The third-order valence-electron chi connectivity index (χ3n) is 12.9. The van der Waals surface area contributed by atoms with Crippen molar-refractivity contribution in [1.82, 2.24) is 0 Å². The predicted molar refractivity (Wildman–Crippen MR) is 145 cm³/mol. The summed E-state index contributed by atoms with van der Waals surface area (Å²) in [6.45, 7) is 24.4. The first-order valence-corrected chi connectivity index (χ1v) is 14.5. The summed E-state index contributed by atoms with van der Waals surface area (Å²) < 4.78 is 13.7. The molecule has 2 bridgehead atoms. The van der Waals surface area contributed by atoms with E-state index in [0.29, 0.717) is 30.6 Å². The van der Waals surface area contributed by atoms with Crippen LogP contribution < -0.4 is 9.47 Å². The van der Waals surface area contributed by atoms with Gasteiger partial charge in [0.15, 0.2) is 23.4 Å². The maximum atomic E-state index is 13.9. The Morgan fingerprint density at radius 2 is 1.68 bits per heavy atom. The third-order valence-corrected chi connectivity index (χ3v) is 12.9. The summed E-state index contributed by atoms with van der Waals surface area (Å²) >= 11 is 0. The first-order valence-electron chi connectivity index (χ1n) is 14.5. The molecule has 0 amide bonds. The predicted octanol–water partition coefficient (Wildman–Crippen LogP) is 5.52. The number of carbonyl (C=O) groups excluding carboxylic acids is 1. The number of methoxy groups -OCH3 is 1. The number of nitrogens with zero attached hydrogens (tertiary/aromatic N) is 1.